The van der Waals surface area contributed by atoms with Crippen LogP contribution in [0.15, 0.2) is 35.5 Å². The summed E-state index contributed by atoms with van der Waals surface area (Å²) in [5.74, 6) is -0.648. The molecule has 1 saturated heterocycles. The van der Waals surface area contributed by atoms with E-state index < -0.39 is 18.0 Å². The van der Waals surface area contributed by atoms with Crippen molar-refractivity contribution in [3.8, 4) is 0 Å². The van der Waals surface area contributed by atoms with E-state index in [4.69, 9.17) is 4.74 Å². The summed E-state index contributed by atoms with van der Waals surface area (Å²) in [5.41, 5.74) is 1.81. The molecule has 3 rings (SSSR count). The molecule has 1 aromatic rings. The van der Waals surface area contributed by atoms with Crippen LogP contribution in [-0.2, 0) is 9.53 Å². The quantitative estimate of drug-likeness (QED) is 0.753. The number of ether oxygens (including phenoxy) is 1. The molecule has 2 aliphatic rings. The molecule has 1 fully saturated rings. The molecule has 0 spiro atoms. The zero-order valence-corrected chi connectivity index (χ0v) is 16.0. The van der Waals surface area contributed by atoms with Gasteiger partial charge in [0.2, 0.25) is 5.91 Å². The molecule has 150 valence electrons. The van der Waals surface area contributed by atoms with Crippen molar-refractivity contribution in [3.05, 3.63) is 36.2 Å². The van der Waals surface area contributed by atoms with Crippen molar-refractivity contribution in [2.24, 2.45) is 5.10 Å². The van der Waals surface area contributed by atoms with E-state index in [0.29, 0.717) is 31.0 Å². The van der Waals surface area contributed by atoms with Gasteiger partial charge in [-0.25, -0.2) is 9.18 Å². The van der Waals surface area contributed by atoms with E-state index in [1.807, 2.05) is 11.9 Å². The number of anilines is 2. The zero-order valence-electron chi connectivity index (χ0n) is 16.0. The average Bonchev–Trinajstić information content (AvgIpc) is 3.01. The summed E-state index contributed by atoms with van der Waals surface area (Å²) < 4.78 is 19.9. The molecular formula is C19H24FN5O3. The number of carbonyl (C=O) groups is 2. The van der Waals surface area contributed by atoms with Crippen LogP contribution in [0, 0.1) is 5.82 Å². The summed E-state index contributed by atoms with van der Waals surface area (Å²) in [7, 11) is 0. The molecule has 1 atom stereocenters. The van der Waals surface area contributed by atoms with E-state index in [0.717, 1.165) is 5.57 Å². The second kappa shape index (κ2) is 8.28. The van der Waals surface area contributed by atoms with Crippen molar-refractivity contribution >= 4 is 29.7 Å². The minimum atomic E-state index is -0.558. The minimum Gasteiger partial charge on any atom is -0.442 e. The van der Waals surface area contributed by atoms with Gasteiger partial charge in [0.1, 0.15) is 18.3 Å². The lowest BCUT2D eigenvalue weighted by molar-refractivity contribution is -0.119. The molecule has 1 N–H and O–H groups in total. The molecule has 0 unspecified atom stereocenters. The average molecular weight is 389 g/mol. The number of benzene rings is 1. The highest BCUT2D eigenvalue weighted by atomic mass is 19.1. The summed E-state index contributed by atoms with van der Waals surface area (Å²) in [6.07, 6.45) is 0.572. The minimum absolute atomic E-state index is 0.199. The Morgan fingerprint density at radius 2 is 2.18 bits per heavy atom. The molecule has 2 amide bonds. The van der Waals surface area contributed by atoms with Crippen molar-refractivity contribution in [2.75, 3.05) is 42.5 Å². The lowest BCUT2D eigenvalue weighted by atomic mass is 10.2. The second-order valence-corrected chi connectivity index (χ2v) is 6.96. The molecule has 0 aromatic heterocycles. The summed E-state index contributed by atoms with van der Waals surface area (Å²) in [4.78, 5) is 26.2. The standard InChI is InChI=1S/C19H24FN5O3/c1-13(2)10-24-7-6-23(12-22-24)18-5-4-15(8-17(18)20)25-11-16(28-19(25)27)9-21-14(3)26/h4-5,8,12,16H,1,6-7,9-11H2,2-3H3,(H,21,26)/t16-/m0/s1. The van der Waals surface area contributed by atoms with Crippen LogP contribution in [0.25, 0.3) is 0 Å². The van der Waals surface area contributed by atoms with Gasteiger partial charge in [-0.05, 0) is 25.1 Å². The van der Waals surface area contributed by atoms with Gasteiger partial charge in [0.25, 0.3) is 0 Å². The van der Waals surface area contributed by atoms with Gasteiger partial charge >= 0.3 is 6.09 Å². The van der Waals surface area contributed by atoms with Crippen LogP contribution in [0.1, 0.15) is 13.8 Å². The van der Waals surface area contributed by atoms with Crippen molar-refractivity contribution in [2.45, 2.75) is 20.0 Å². The maximum atomic E-state index is 14.7. The molecule has 0 radical (unpaired) electrons. The number of hydrazone groups is 1. The Bertz CT molecular complexity index is 813. The summed E-state index contributed by atoms with van der Waals surface area (Å²) in [5, 5.41) is 8.80. The Balaban J connectivity index is 1.67. The predicted octanol–water partition coefficient (Wildman–Crippen LogP) is 1.93. The number of hydrogen-bond acceptors (Lipinski definition) is 6. The number of carbonyl (C=O) groups excluding carboxylic acids is 2. The van der Waals surface area contributed by atoms with E-state index in [1.165, 1.54) is 17.9 Å². The van der Waals surface area contributed by atoms with Crippen molar-refractivity contribution in [1.29, 1.82) is 0 Å². The predicted molar refractivity (Wildman–Crippen MR) is 105 cm³/mol. The molecule has 0 saturated carbocycles. The number of halogens is 1. The van der Waals surface area contributed by atoms with E-state index >= 15 is 0 Å². The lowest BCUT2D eigenvalue weighted by Gasteiger charge is -2.30. The van der Waals surface area contributed by atoms with E-state index in [-0.39, 0.29) is 19.0 Å². The fraction of sp³-hybridized carbons (Fsp3) is 0.421. The largest absolute Gasteiger partial charge is 0.442 e. The Labute approximate surface area is 163 Å². The first-order valence-electron chi connectivity index (χ1n) is 9.05. The second-order valence-electron chi connectivity index (χ2n) is 6.96. The number of nitrogens with one attached hydrogen (secondary N) is 1. The molecule has 28 heavy (non-hydrogen) atoms. The van der Waals surface area contributed by atoms with Crippen LogP contribution < -0.4 is 15.1 Å². The van der Waals surface area contributed by atoms with Gasteiger partial charge in [0.15, 0.2) is 0 Å². The van der Waals surface area contributed by atoms with Crippen LogP contribution in [0.2, 0.25) is 0 Å². The van der Waals surface area contributed by atoms with Gasteiger partial charge in [0, 0.05) is 13.5 Å². The summed E-state index contributed by atoms with van der Waals surface area (Å²) >= 11 is 0. The van der Waals surface area contributed by atoms with E-state index in [1.54, 1.807) is 23.4 Å². The molecule has 2 heterocycles. The number of rotatable bonds is 6. The van der Waals surface area contributed by atoms with Crippen LogP contribution in [-0.4, -0.2) is 62.2 Å². The third-order valence-electron chi connectivity index (χ3n) is 4.41. The van der Waals surface area contributed by atoms with Gasteiger partial charge in [-0.3, -0.25) is 14.7 Å². The highest BCUT2D eigenvalue weighted by molar-refractivity contribution is 5.90. The van der Waals surface area contributed by atoms with Crippen LogP contribution >= 0.6 is 0 Å². The van der Waals surface area contributed by atoms with E-state index in [2.05, 4.69) is 17.0 Å². The molecule has 8 nitrogen and oxygen atoms in total. The number of hydrogen-bond donors (Lipinski definition) is 1. The first-order chi connectivity index (χ1) is 13.3. The zero-order chi connectivity index (χ0) is 20.3. The van der Waals surface area contributed by atoms with Gasteiger partial charge in [-0.15, -0.1) is 0 Å². The van der Waals surface area contributed by atoms with Crippen LogP contribution in [0.5, 0.6) is 0 Å². The fourth-order valence-corrected chi connectivity index (χ4v) is 3.08. The van der Waals surface area contributed by atoms with Crippen LogP contribution in [0.3, 0.4) is 0 Å². The Hall–Kier alpha value is -3.10. The maximum absolute atomic E-state index is 14.7. The molecule has 0 aliphatic carbocycles. The van der Waals surface area contributed by atoms with Gasteiger partial charge < -0.3 is 15.0 Å². The third-order valence-corrected chi connectivity index (χ3v) is 4.41. The highest BCUT2D eigenvalue weighted by Crippen LogP contribution is 2.28. The van der Waals surface area contributed by atoms with Gasteiger partial charge in [0.05, 0.1) is 37.6 Å². The highest BCUT2D eigenvalue weighted by Gasteiger charge is 2.33. The monoisotopic (exact) mass is 389 g/mol. The number of amides is 2. The third kappa shape index (κ3) is 4.59. The molecule has 9 heteroatoms. The van der Waals surface area contributed by atoms with Crippen LogP contribution in [0.4, 0.5) is 20.6 Å². The summed E-state index contributed by atoms with van der Waals surface area (Å²) in [6.45, 7) is 9.59. The Morgan fingerprint density at radius 1 is 1.39 bits per heavy atom. The Kier molecular flexibility index (Phi) is 5.81. The smallest absolute Gasteiger partial charge is 0.414 e. The molecule has 2 aliphatic heterocycles. The SMILES string of the molecule is C=C(C)CN1CCN(c2ccc(N3C[C@H](CNC(C)=O)OC3=O)cc2F)C=N1. The molecule has 1 aromatic carbocycles. The summed E-state index contributed by atoms with van der Waals surface area (Å²) in [6, 6.07) is 4.61. The number of nitrogens with zero attached hydrogens (tertiary/aromatic N) is 4. The first-order valence-corrected chi connectivity index (χ1v) is 9.05. The van der Waals surface area contributed by atoms with Crippen molar-refractivity contribution in [3.63, 3.8) is 0 Å². The molecular weight excluding hydrogens is 365 g/mol. The van der Waals surface area contributed by atoms with E-state index in [9.17, 15) is 14.0 Å². The fourth-order valence-electron chi connectivity index (χ4n) is 3.08. The Morgan fingerprint density at radius 3 is 2.79 bits per heavy atom. The van der Waals surface area contributed by atoms with Crippen molar-refractivity contribution < 1.29 is 18.7 Å². The first kappa shape index (κ1) is 19.7. The van der Waals surface area contributed by atoms with Gasteiger partial charge in [-0.2, -0.15) is 5.10 Å². The number of cyclic esters (lactones) is 1. The van der Waals surface area contributed by atoms with Gasteiger partial charge in [-0.1, -0.05) is 12.2 Å². The van der Waals surface area contributed by atoms with Crippen molar-refractivity contribution in [1.82, 2.24) is 10.3 Å². The molecule has 0 bridgehead atoms. The normalized spacial score (nSPS) is 19.0. The topological polar surface area (TPSA) is 77.5 Å². The lowest BCUT2D eigenvalue weighted by Crippen LogP contribution is -2.38. The maximum Gasteiger partial charge on any atom is 0.414 e.